The molecule has 2 aromatic carbocycles. The van der Waals surface area contributed by atoms with Gasteiger partial charge >= 0.3 is 6.18 Å². The van der Waals surface area contributed by atoms with Gasteiger partial charge in [0.15, 0.2) is 0 Å². The Hall–Kier alpha value is -2.28. The summed E-state index contributed by atoms with van der Waals surface area (Å²) in [5.41, 5.74) is 0.555. The SMILES string of the molecule is CCc1oc2c(C)c(OCc3cccc(C(F)(F)F)c3)ccc2c(=O)c1Br. The van der Waals surface area contributed by atoms with Gasteiger partial charge in [-0.05, 0) is 52.7 Å². The Morgan fingerprint density at radius 2 is 1.93 bits per heavy atom. The first kappa shape index (κ1) is 19.5. The normalized spacial score (nSPS) is 11.8. The third-order valence-corrected chi connectivity index (χ3v) is 5.04. The lowest BCUT2D eigenvalue weighted by Crippen LogP contribution is -2.08. The molecule has 3 nitrogen and oxygen atoms in total. The molecule has 27 heavy (non-hydrogen) atoms. The van der Waals surface area contributed by atoms with E-state index >= 15 is 0 Å². The Balaban J connectivity index is 1.93. The van der Waals surface area contributed by atoms with Crippen LogP contribution in [-0.2, 0) is 19.2 Å². The quantitative estimate of drug-likeness (QED) is 0.497. The molecular formula is C20H16BrF3O3. The summed E-state index contributed by atoms with van der Waals surface area (Å²) >= 11 is 3.26. The molecule has 0 saturated heterocycles. The van der Waals surface area contributed by atoms with Crippen molar-refractivity contribution in [3.8, 4) is 5.75 Å². The number of hydrogen-bond acceptors (Lipinski definition) is 3. The third kappa shape index (κ3) is 3.88. The standard InChI is InChI=1S/C20H16BrF3O3/c1-3-15-17(21)18(25)14-7-8-16(11(2)19(14)27-15)26-10-12-5-4-6-13(9-12)20(22,23)24/h4-9H,3,10H2,1-2H3. The molecule has 7 heteroatoms. The second-order valence-electron chi connectivity index (χ2n) is 6.07. The largest absolute Gasteiger partial charge is 0.488 e. The minimum absolute atomic E-state index is 0.0301. The van der Waals surface area contributed by atoms with Gasteiger partial charge in [0.05, 0.1) is 10.9 Å². The van der Waals surface area contributed by atoms with Crippen molar-refractivity contribution in [2.75, 3.05) is 0 Å². The zero-order valence-corrected chi connectivity index (χ0v) is 16.2. The van der Waals surface area contributed by atoms with Crippen LogP contribution in [0.3, 0.4) is 0 Å². The fourth-order valence-corrected chi connectivity index (χ4v) is 3.35. The predicted octanol–water partition coefficient (Wildman–Crippen LogP) is 6.02. The first-order chi connectivity index (χ1) is 12.7. The van der Waals surface area contributed by atoms with Gasteiger partial charge in [-0.1, -0.05) is 19.1 Å². The van der Waals surface area contributed by atoms with E-state index in [2.05, 4.69) is 15.9 Å². The topological polar surface area (TPSA) is 39.4 Å². The molecule has 0 radical (unpaired) electrons. The maximum Gasteiger partial charge on any atom is 0.416 e. The van der Waals surface area contributed by atoms with Crippen LogP contribution in [-0.4, -0.2) is 0 Å². The molecule has 0 spiro atoms. The summed E-state index contributed by atoms with van der Waals surface area (Å²) in [5, 5.41) is 0.419. The number of benzene rings is 2. The molecule has 0 aliphatic heterocycles. The van der Waals surface area contributed by atoms with Crippen LogP contribution in [0.15, 0.2) is 50.1 Å². The van der Waals surface area contributed by atoms with Crippen molar-refractivity contribution in [1.82, 2.24) is 0 Å². The lowest BCUT2D eigenvalue weighted by Gasteiger charge is -2.13. The average molecular weight is 441 g/mol. The van der Waals surface area contributed by atoms with Gasteiger partial charge in [-0.15, -0.1) is 0 Å². The number of rotatable bonds is 4. The second kappa shape index (κ2) is 7.38. The zero-order valence-electron chi connectivity index (χ0n) is 14.6. The van der Waals surface area contributed by atoms with Crippen molar-refractivity contribution < 1.29 is 22.3 Å². The molecule has 0 saturated carbocycles. The van der Waals surface area contributed by atoms with Gasteiger partial charge < -0.3 is 9.15 Å². The van der Waals surface area contributed by atoms with E-state index in [1.165, 1.54) is 6.07 Å². The molecule has 0 aliphatic rings. The highest BCUT2D eigenvalue weighted by Gasteiger charge is 2.30. The number of alkyl halides is 3. The van der Waals surface area contributed by atoms with E-state index in [1.807, 2.05) is 6.92 Å². The number of ether oxygens (including phenoxy) is 1. The maximum atomic E-state index is 12.8. The molecule has 0 fully saturated rings. The molecular weight excluding hydrogens is 425 g/mol. The van der Waals surface area contributed by atoms with Crippen molar-refractivity contribution in [2.45, 2.75) is 33.1 Å². The van der Waals surface area contributed by atoms with Crippen LogP contribution in [0.5, 0.6) is 5.75 Å². The van der Waals surface area contributed by atoms with Crippen molar-refractivity contribution in [3.63, 3.8) is 0 Å². The zero-order chi connectivity index (χ0) is 19.8. The van der Waals surface area contributed by atoms with Crippen LogP contribution < -0.4 is 10.2 Å². The smallest absolute Gasteiger partial charge is 0.416 e. The van der Waals surface area contributed by atoms with Crippen molar-refractivity contribution in [2.24, 2.45) is 0 Å². The monoisotopic (exact) mass is 440 g/mol. The molecule has 1 aromatic heterocycles. The van der Waals surface area contributed by atoms with Gasteiger partial charge in [0.2, 0.25) is 5.43 Å². The Bertz CT molecular complexity index is 1050. The van der Waals surface area contributed by atoms with Crippen LogP contribution >= 0.6 is 15.9 Å². The van der Waals surface area contributed by atoms with Gasteiger partial charge in [0, 0.05) is 12.0 Å². The first-order valence-corrected chi connectivity index (χ1v) is 9.05. The number of hydrogen-bond donors (Lipinski definition) is 0. The molecule has 3 aromatic rings. The minimum atomic E-state index is -4.40. The molecule has 0 atom stereocenters. The Labute approximate surface area is 161 Å². The molecule has 0 unspecified atom stereocenters. The van der Waals surface area contributed by atoms with Crippen LogP contribution in [0.4, 0.5) is 13.2 Å². The van der Waals surface area contributed by atoms with Crippen molar-refractivity contribution in [1.29, 1.82) is 0 Å². The highest BCUT2D eigenvalue weighted by atomic mass is 79.9. The Morgan fingerprint density at radius 3 is 2.59 bits per heavy atom. The van der Waals surface area contributed by atoms with Crippen LogP contribution in [0, 0.1) is 6.92 Å². The lowest BCUT2D eigenvalue weighted by molar-refractivity contribution is -0.137. The van der Waals surface area contributed by atoms with Gasteiger partial charge in [-0.3, -0.25) is 4.79 Å². The molecule has 0 aliphatic carbocycles. The first-order valence-electron chi connectivity index (χ1n) is 8.26. The van der Waals surface area contributed by atoms with E-state index in [0.717, 1.165) is 12.1 Å². The van der Waals surface area contributed by atoms with Crippen LogP contribution in [0.2, 0.25) is 0 Å². The van der Waals surface area contributed by atoms with Gasteiger partial charge in [-0.2, -0.15) is 13.2 Å². The molecule has 0 amide bonds. The van der Waals surface area contributed by atoms with Gasteiger partial charge in [0.25, 0.3) is 0 Å². The highest BCUT2D eigenvalue weighted by molar-refractivity contribution is 9.10. The molecule has 0 N–H and O–H groups in total. The van der Waals surface area contributed by atoms with Crippen LogP contribution in [0.1, 0.15) is 29.4 Å². The molecule has 0 bridgehead atoms. The summed E-state index contributed by atoms with van der Waals surface area (Å²) in [5.74, 6) is 0.984. The molecule has 3 rings (SSSR count). The third-order valence-electron chi connectivity index (χ3n) is 4.24. The van der Waals surface area contributed by atoms with E-state index in [9.17, 15) is 18.0 Å². The second-order valence-corrected chi connectivity index (χ2v) is 6.87. The average Bonchev–Trinajstić information content (AvgIpc) is 2.64. The fraction of sp³-hybridized carbons (Fsp3) is 0.250. The molecule has 1 heterocycles. The predicted molar refractivity (Wildman–Crippen MR) is 100 cm³/mol. The summed E-state index contributed by atoms with van der Waals surface area (Å²) in [4.78, 5) is 12.4. The molecule has 142 valence electrons. The van der Waals surface area contributed by atoms with E-state index in [1.54, 1.807) is 25.1 Å². The summed E-state index contributed by atoms with van der Waals surface area (Å²) < 4.78 is 50.4. The van der Waals surface area contributed by atoms with E-state index in [4.69, 9.17) is 9.15 Å². The van der Waals surface area contributed by atoms with Gasteiger partial charge in [0.1, 0.15) is 28.2 Å². The van der Waals surface area contributed by atoms with E-state index in [0.29, 0.717) is 44.5 Å². The minimum Gasteiger partial charge on any atom is -0.488 e. The lowest BCUT2D eigenvalue weighted by atomic mass is 10.1. The summed E-state index contributed by atoms with van der Waals surface area (Å²) in [6, 6.07) is 8.21. The van der Waals surface area contributed by atoms with Crippen molar-refractivity contribution >= 4 is 26.9 Å². The van der Waals surface area contributed by atoms with Crippen LogP contribution in [0.25, 0.3) is 11.0 Å². The van der Waals surface area contributed by atoms with Gasteiger partial charge in [-0.25, -0.2) is 0 Å². The summed E-state index contributed by atoms with van der Waals surface area (Å²) in [6.45, 7) is 3.59. The van der Waals surface area contributed by atoms with E-state index in [-0.39, 0.29) is 12.0 Å². The summed E-state index contributed by atoms with van der Waals surface area (Å²) in [7, 11) is 0. The fourth-order valence-electron chi connectivity index (χ4n) is 2.78. The summed E-state index contributed by atoms with van der Waals surface area (Å²) in [6.07, 6.45) is -3.86. The highest BCUT2D eigenvalue weighted by Crippen LogP contribution is 2.31. The maximum absolute atomic E-state index is 12.8. The Morgan fingerprint density at radius 1 is 1.19 bits per heavy atom. The number of halogens is 4. The number of aryl methyl sites for hydroxylation is 2. The Kier molecular flexibility index (Phi) is 5.33. The van der Waals surface area contributed by atoms with E-state index < -0.39 is 11.7 Å². The number of fused-ring (bicyclic) bond motifs is 1. The van der Waals surface area contributed by atoms with Crippen molar-refractivity contribution in [3.05, 3.63) is 73.5 Å².